The molecule has 8 nitrogen and oxygen atoms in total. The van der Waals surface area contributed by atoms with Crippen LogP contribution in [-0.4, -0.2) is 33.6 Å². The molecular formula is C19H18N4O4. The molecule has 8 heteroatoms. The predicted molar refractivity (Wildman–Crippen MR) is 99.2 cm³/mol. The van der Waals surface area contributed by atoms with Gasteiger partial charge in [-0.05, 0) is 31.0 Å². The fourth-order valence-electron chi connectivity index (χ4n) is 2.89. The zero-order chi connectivity index (χ0) is 18.8. The van der Waals surface area contributed by atoms with Gasteiger partial charge in [0, 0.05) is 12.2 Å². The fourth-order valence-corrected chi connectivity index (χ4v) is 2.89. The Bertz CT molecular complexity index is 1100. The molecule has 1 fully saturated rings. The molecule has 0 atom stereocenters. The van der Waals surface area contributed by atoms with Crippen molar-refractivity contribution in [1.82, 2.24) is 19.9 Å². The van der Waals surface area contributed by atoms with E-state index in [-0.39, 0.29) is 22.9 Å². The lowest BCUT2D eigenvalue weighted by molar-refractivity contribution is 0.0947. The van der Waals surface area contributed by atoms with Gasteiger partial charge in [-0.15, -0.1) is 0 Å². The molecule has 3 aromatic rings. The van der Waals surface area contributed by atoms with Crippen LogP contribution in [0.15, 0.2) is 52.2 Å². The van der Waals surface area contributed by atoms with E-state index in [1.165, 1.54) is 16.8 Å². The van der Waals surface area contributed by atoms with Crippen LogP contribution in [0.1, 0.15) is 29.2 Å². The van der Waals surface area contributed by atoms with E-state index in [4.69, 9.17) is 4.74 Å². The van der Waals surface area contributed by atoms with Gasteiger partial charge in [-0.25, -0.2) is 9.78 Å². The second-order valence-electron chi connectivity index (χ2n) is 6.37. The Labute approximate surface area is 153 Å². The van der Waals surface area contributed by atoms with Gasteiger partial charge >= 0.3 is 5.69 Å². The Hall–Kier alpha value is -3.42. The van der Waals surface area contributed by atoms with Gasteiger partial charge in [-0.2, -0.15) is 0 Å². The summed E-state index contributed by atoms with van der Waals surface area (Å²) in [5.74, 6) is 0.369. The van der Waals surface area contributed by atoms with E-state index in [1.54, 1.807) is 0 Å². The van der Waals surface area contributed by atoms with E-state index in [9.17, 15) is 14.4 Å². The molecule has 27 heavy (non-hydrogen) atoms. The summed E-state index contributed by atoms with van der Waals surface area (Å²) in [5, 5.41) is 2.96. The first-order valence-corrected chi connectivity index (χ1v) is 8.74. The number of carbonyl (C=O) groups excluding carboxylic acids is 1. The van der Waals surface area contributed by atoms with Crippen LogP contribution in [0.5, 0.6) is 5.75 Å². The standard InChI is InChI=1S/C19H18N4O4/c24-17(20-8-9-27-14-4-2-1-3-5-14)12-10-15-16(21-11-12)23(13-6-7-13)19(26)22-18(15)25/h1-5,10-11,13H,6-9H2,(H,20,24)(H,22,25,26). The van der Waals surface area contributed by atoms with Crippen LogP contribution >= 0.6 is 0 Å². The van der Waals surface area contributed by atoms with Crippen molar-refractivity contribution in [2.45, 2.75) is 18.9 Å². The summed E-state index contributed by atoms with van der Waals surface area (Å²) in [4.78, 5) is 43.0. The lowest BCUT2D eigenvalue weighted by Gasteiger charge is -2.09. The highest BCUT2D eigenvalue weighted by Crippen LogP contribution is 2.34. The van der Waals surface area contributed by atoms with Gasteiger partial charge in [0.15, 0.2) is 0 Å². The number of carbonyl (C=O) groups is 1. The second-order valence-corrected chi connectivity index (χ2v) is 6.37. The summed E-state index contributed by atoms with van der Waals surface area (Å²) in [6.45, 7) is 0.627. The Morgan fingerprint density at radius 3 is 2.78 bits per heavy atom. The lowest BCUT2D eigenvalue weighted by atomic mass is 10.2. The highest BCUT2D eigenvalue weighted by Gasteiger charge is 2.27. The van der Waals surface area contributed by atoms with Gasteiger partial charge in [0.25, 0.3) is 11.5 Å². The molecule has 0 radical (unpaired) electrons. The minimum atomic E-state index is -0.540. The van der Waals surface area contributed by atoms with Crippen molar-refractivity contribution < 1.29 is 9.53 Å². The average Bonchev–Trinajstić information content (AvgIpc) is 3.51. The molecule has 4 rings (SSSR count). The third kappa shape index (κ3) is 3.59. The zero-order valence-electron chi connectivity index (χ0n) is 14.5. The molecule has 2 heterocycles. The van der Waals surface area contributed by atoms with Crippen molar-refractivity contribution in [3.63, 3.8) is 0 Å². The highest BCUT2D eigenvalue weighted by molar-refractivity contribution is 5.96. The topological polar surface area (TPSA) is 106 Å². The minimum absolute atomic E-state index is 0.0687. The van der Waals surface area contributed by atoms with Crippen LogP contribution in [0.2, 0.25) is 0 Å². The largest absolute Gasteiger partial charge is 0.492 e. The third-order valence-corrected chi connectivity index (χ3v) is 4.35. The molecule has 1 aliphatic carbocycles. The summed E-state index contributed by atoms with van der Waals surface area (Å²) in [7, 11) is 0. The van der Waals surface area contributed by atoms with Gasteiger partial charge in [0.2, 0.25) is 0 Å². The van der Waals surface area contributed by atoms with Gasteiger partial charge in [-0.1, -0.05) is 18.2 Å². The minimum Gasteiger partial charge on any atom is -0.492 e. The number of ether oxygens (including phenoxy) is 1. The molecule has 0 spiro atoms. The number of nitrogens with zero attached hydrogens (tertiary/aromatic N) is 2. The lowest BCUT2D eigenvalue weighted by Crippen LogP contribution is -2.31. The van der Waals surface area contributed by atoms with Crippen molar-refractivity contribution in [1.29, 1.82) is 0 Å². The maximum absolute atomic E-state index is 12.3. The summed E-state index contributed by atoms with van der Waals surface area (Å²) >= 11 is 0. The number of aromatic amines is 1. The van der Waals surface area contributed by atoms with Crippen LogP contribution in [0.3, 0.4) is 0 Å². The number of aromatic nitrogens is 3. The first kappa shape index (κ1) is 17.0. The SMILES string of the molecule is O=C(NCCOc1ccccc1)c1cnc2c(c1)c(=O)[nH]c(=O)n2C1CC1. The number of rotatable bonds is 6. The molecule has 1 aliphatic rings. The van der Waals surface area contributed by atoms with Crippen LogP contribution in [0.25, 0.3) is 11.0 Å². The molecule has 0 aliphatic heterocycles. The van der Waals surface area contributed by atoms with Gasteiger partial charge in [0.05, 0.1) is 17.5 Å². The molecule has 1 aromatic carbocycles. The monoisotopic (exact) mass is 366 g/mol. The smallest absolute Gasteiger partial charge is 0.330 e. The Balaban J connectivity index is 1.48. The molecule has 2 aromatic heterocycles. The van der Waals surface area contributed by atoms with Crippen LogP contribution in [0, 0.1) is 0 Å². The maximum Gasteiger partial charge on any atom is 0.330 e. The molecule has 0 saturated heterocycles. The number of H-pyrrole nitrogens is 1. The number of hydrogen-bond acceptors (Lipinski definition) is 5. The predicted octanol–water partition coefficient (Wildman–Crippen LogP) is 1.23. The number of nitrogens with one attached hydrogen (secondary N) is 2. The normalized spacial score (nSPS) is 13.5. The van der Waals surface area contributed by atoms with E-state index in [0.717, 1.165) is 18.6 Å². The van der Waals surface area contributed by atoms with Crippen LogP contribution in [0.4, 0.5) is 0 Å². The number of fused-ring (bicyclic) bond motifs is 1. The molecule has 0 bridgehead atoms. The molecule has 138 valence electrons. The molecule has 2 N–H and O–H groups in total. The molecule has 0 unspecified atom stereocenters. The van der Waals surface area contributed by atoms with Crippen molar-refractivity contribution in [2.24, 2.45) is 0 Å². The van der Waals surface area contributed by atoms with E-state index in [1.807, 2.05) is 30.3 Å². The number of benzene rings is 1. The average molecular weight is 366 g/mol. The first-order chi connectivity index (χ1) is 13.1. The van der Waals surface area contributed by atoms with Crippen molar-refractivity contribution in [3.8, 4) is 5.75 Å². The molecular weight excluding hydrogens is 348 g/mol. The summed E-state index contributed by atoms with van der Waals surface area (Å²) in [5.41, 5.74) is -0.428. The number of hydrogen-bond donors (Lipinski definition) is 2. The second kappa shape index (κ2) is 7.06. The summed E-state index contributed by atoms with van der Waals surface area (Å²) < 4.78 is 7.01. The zero-order valence-corrected chi connectivity index (χ0v) is 14.5. The quantitative estimate of drug-likeness (QED) is 0.638. The summed E-state index contributed by atoms with van der Waals surface area (Å²) in [6, 6.07) is 10.8. The van der Waals surface area contributed by atoms with E-state index >= 15 is 0 Å². The Morgan fingerprint density at radius 1 is 1.26 bits per heavy atom. The van der Waals surface area contributed by atoms with Crippen LogP contribution in [-0.2, 0) is 0 Å². The van der Waals surface area contributed by atoms with Crippen LogP contribution < -0.4 is 21.3 Å². The van der Waals surface area contributed by atoms with Gasteiger partial charge < -0.3 is 10.1 Å². The van der Waals surface area contributed by atoms with Crippen molar-refractivity contribution >= 4 is 16.9 Å². The third-order valence-electron chi connectivity index (χ3n) is 4.35. The first-order valence-electron chi connectivity index (χ1n) is 8.74. The van der Waals surface area contributed by atoms with Crippen molar-refractivity contribution in [2.75, 3.05) is 13.2 Å². The van der Waals surface area contributed by atoms with E-state index in [0.29, 0.717) is 18.8 Å². The fraction of sp³-hybridized carbons (Fsp3) is 0.263. The Kier molecular flexibility index (Phi) is 4.45. The van der Waals surface area contributed by atoms with Gasteiger partial charge in [0.1, 0.15) is 18.0 Å². The van der Waals surface area contributed by atoms with E-state index in [2.05, 4.69) is 15.3 Å². The maximum atomic E-state index is 12.3. The molecule has 1 amide bonds. The summed E-state index contributed by atoms with van der Waals surface area (Å²) in [6.07, 6.45) is 3.15. The number of pyridine rings is 1. The van der Waals surface area contributed by atoms with Gasteiger partial charge in [-0.3, -0.25) is 19.1 Å². The molecule has 1 saturated carbocycles. The van der Waals surface area contributed by atoms with Crippen molar-refractivity contribution in [3.05, 3.63) is 69.0 Å². The number of amides is 1. The Morgan fingerprint density at radius 2 is 2.04 bits per heavy atom. The van der Waals surface area contributed by atoms with E-state index < -0.39 is 11.2 Å². The number of para-hydroxylation sites is 1. The highest BCUT2D eigenvalue weighted by atomic mass is 16.5.